The van der Waals surface area contributed by atoms with Crippen molar-refractivity contribution in [1.82, 2.24) is 0 Å². The molecule has 0 aliphatic heterocycles. The van der Waals surface area contributed by atoms with Crippen LogP contribution in [-0.2, 0) is 15.6 Å². The zero-order valence-corrected chi connectivity index (χ0v) is 29.4. The summed E-state index contributed by atoms with van der Waals surface area (Å²) < 4.78 is 2.16. The minimum absolute atomic E-state index is 0.0128. The van der Waals surface area contributed by atoms with E-state index in [4.69, 9.17) is 17.0 Å². The fourth-order valence-electron chi connectivity index (χ4n) is 6.45. The Bertz CT molecular complexity index is 1490. The quantitative estimate of drug-likeness (QED) is 0.178. The van der Waals surface area contributed by atoms with Crippen LogP contribution in [0.15, 0.2) is 106 Å². The van der Waals surface area contributed by atoms with E-state index in [-0.39, 0.29) is 7.25 Å². The molecule has 2 aliphatic rings. The molecule has 6 heteroatoms. The molecule has 0 amide bonds. The van der Waals surface area contributed by atoms with Crippen LogP contribution in [0.2, 0.25) is 13.1 Å². The Morgan fingerprint density at radius 1 is 0.579 bits per heavy atom. The molecule has 0 saturated heterocycles. The number of rotatable bonds is 5. The summed E-state index contributed by atoms with van der Waals surface area (Å²) >= 11 is 2.40. The molecule has 4 aromatic rings. The maximum absolute atomic E-state index is 8.49. The van der Waals surface area contributed by atoms with Crippen molar-refractivity contribution in [2.75, 3.05) is 0 Å². The Morgan fingerprint density at radius 2 is 0.947 bits per heavy atom. The molecule has 0 nitrogen and oxygen atoms in total. The van der Waals surface area contributed by atoms with E-state index in [0.717, 1.165) is 8.95 Å². The van der Waals surface area contributed by atoms with Crippen LogP contribution in [0.25, 0.3) is 23.3 Å². The SMILES string of the molecule is C[SiH](C)[Zr]([Cl])([Cl])([CH]1C(c2ccc(Br)cc2)=Cc2ccccc21)[CH]1C(c2ccc(Br)cc2)=Cc2ccccc21. The predicted octanol–water partition coefficient (Wildman–Crippen LogP) is 11.1. The summed E-state index contributed by atoms with van der Waals surface area (Å²) in [5, 5.41) is 0. The molecular formula is C32H27Br2Cl2SiZr. The first-order valence-electron chi connectivity index (χ1n) is 12.9. The third-order valence-electron chi connectivity index (χ3n) is 8.42. The van der Waals surface area contributed by atoms with Crippen LogP contribution in [0.4, 0.5) is 0 Å². The number of hydrogen-bond donors (Lipinski definition) is 0. The molecule has 0 radical (unpaired) electrons. The Balaban J connectivity index is 1.64. The van der Waals surface area contributed by atoms with Crippen LogP contribution in [0, 0.1) is 0 Å². The second-order valence-electron chi connectivity index (χ2n) is 10.7. The van der Waals surface area contributed by atoms with Crippen LogP contribution in [0.1, 0.15) is 40.6 Å². The summed E-state index contributed by atoms with van der Waals surface area (Å²) in [5.74, 6) is -1.64. The van der Waals surface area contributed by atoms with Crippen molar-refractivity contribution in [2.24, 2.45) is 0 Å². The van der Waals surface area contributed by atoms with Crippen LogP contribution >= 0.6 is 48.9 Å². The Labute approximate surface area is 250 Å². The van der Waals surface area contributed by atoms with Crippen LogP contribution < -0.4 is 0 Å². The van der Waals surface area contributed by atoms with Crippen molar-refractivity contribution in [3.8, 4) is 0 Å². The summed E-state index contributed by atoms with van der Waals surface area (Å²) in [6, 6.07) is 34.8. The molecule has 191 valence electrons. The van der Waals surface area contributed by atoms with E-state index in [9.17, 15) is 0 Å². The van der Waals surface area contributed by atoms with Gasteiger partial charge in [0.15, 0.2) is 0 Å². The molecule has 2 atom stereocenters. The second kappa shape index (κ2) is 10.1. The Morgan fingerprint density at radius 3 is 1.32 bits per heavy atom. The minimum atomic E-state index is -4.84. The van der Waals surface area contributed by atoms with Crippen molar-refractivity contribution in [3.63, 3.8) is 0 Å². The molecule has 0 spiro atoms. The molecule has 0 bridgehead atoms. The van der Waals surface area contributed by atoms with E-state index in [1.54, 1.807) is 0 Å². The monoisotopic (exact) mass is 757 g/mol. The molecule has 2 aliphatic carbocycles. The van der Waals surface area contributed by atoms with Crippen molar-refractivity contribution in [1.29, 1.82) is 0 Å². The van der Waals surface area contributed by atoms with Crippen LogP contribution in [0.5, 0.6) is 0 Å². The molecule has 0 N–H and O–H groups in total. The first-order valence-corrected chi connectivity index (χ1v) is 30.8. The summed E-state index contributed by atoms with van der Waals surface area (Å²) in [4.78, 5) is 0. The second-order valence-corrected chi connectivity index (χ2v) is 55.1. The molecule has 0 fully saturated rings. The van der Waals surface area contributed by atoms with Gasteiger partial charge in [-0.1, -0.05) is 0 Å². The Kier molecular flexibility index (Phi) is 7.24. The molecule has 0 aromatic heterocycles. The van der Waals surface area contributed by atoms with Gasteiger partial charge >= 0.3 is 253 Å². The number of fused-ring (bicyclic) bond motifs is 2. The van der Waals surface area contributed by atoms with Gasteiger partial charge in [-0.25, -0.2) is 0 Å². The summed E-state index contributed by atoms with van der Waals surface area (Å²) in [5.41, 5.74) is 10.0. The van der Waals surface area contributed by atoms with Crippen molar-refractivity contribution in [2.45, 2.75) is 20.3 Å². The van der Waals surface area contributed by atoms with E-state index in [0.29, 0.717) is 0 Å². The summed E-state index contributed by atoms with van der Waals surface area (Å²) in [6.45, 7) is 4.79. The van der Waals surface area contributed by atoms with Gasteiger partial charge < -0.3 is 0 Å². The van der Waals surface area contributed by atoms with Gasteiger partial charge in [-0.2, -0.15) is 0 Å². The van der Waals surface area contributed by atoms with E-state index < -0.39 is 21.5 Å². The molecule has 0 heterocycles. The topological polar surface area (TPSA) is 0 Å². The van der Waals surface area contributed by atoms with Gasteiger partial charge in [0.2, 0.25) is 0 Å². The Hall–Kier alpha value is -1.000. The maximum atomic E-state index is 8.49. The number of allylic oxidation sites excluding steroid dienone is 2. The number of benzene rings is 4. The molecule has 38 heavy (non-hydrogen) atoms. The van der Waals surface area contributed by atoms with Crippen molar-refractivity contribution >= 4 is 78.1 Å². The zero-order valence-electron chi connectivity index (χ0n) is 21.1. The summed E-state index contributed by atoms with van der Waals surface area (Å²) in [7, 11) is 17.0. The standard InChI is InChI=1S/2C15H10Br.C2H7Si.2ClH.Zr/c2*16-15-7-5-11(6-8-15)14-9-12-3-1-2-4-13(12)10-14;1-3-2;;;/h2*1-10H;3H,1-2H3;2*1H;/q;;;;;+2/p-2. The first kappa shape index (κ1) is 27.2. The van der Waals surface area contributed by atoms with Gasteiger partial charge in [0.05, 0.1) is 0 Å². The molecule has 0 saturated carbocycles. The normalized spacial score (nSPS) is 19.4. The number of hydrogen-bond acceptors (Lipinski definition) is 0. The van der Waals surface area contributed by atoms with Crippen molar-refractivity contribution in [3.05, 3.63) is 139 Å². The third kappa shape index (κ3) is 4.30. The average molecular weight is 762 g/mol. The van der Waals surface area contributed by atoms with E-state index >= 15 is 0 Å². The average Bonchev–Trinajstić information content (AvgIpc) is 3.50. The first-order chi connectivity index (χ1) is 18.2. The fraction of sp³-hybridized carbons (Fsp3) is 0.125. The van der Waals surface area contributed by atoms with E-state index in [1.165, 1.54) is 44.5 Å². The van der Waals surface area contributed by atoms with Gasteiger partial charge in [0.25, 0.3) is 0 Å². The van der Waals surface area contributed by atoms with Crippen LogP contribution in [-0.4, -0.2) is 5.92 Å². The molecular weight excluding hydrogens is 734 g/mol. The van der Waals surface area contributed by atoms with Gasteiger partial charge in [0.1, 0.15) is 0 Å². The van der Waals surface area contributed by atoms with Gasteiger partial charge in [-0.15, -0.1) is 0 Å². The summed E-state index contributed by atoms with van der Waals surface area (Å²) in [6.07, 6.45) is 4.70. The van der Waals surface area contributed by atoms with Crippen LogP contribution in [0.3, 0.4) is 0 Å². The zero-order chi connectivity index (χ0) is 26.7. The van der Waals surface area contributed by atoms with Gasteiger partial charge in [-0.3, -0.25) is 0 Å². The number of halogens is 4. The van der Waals surface area contributed by atoms with E-state index in [2.05, 4.69) is 154 Å². The molecule has 2 unspecified atom stereocenters. The van der Waals surface area contributed by atoms with Gasteiger partial charge in [0, 0.05) is 0 Å². The fourth-order valence-corrected chi connectivity index (χ4v) is 37.1. The van der Waals surface area contributed by atoms with E-state index in [1.807, 2.05) is 0 Å². The third-order valence-corrected chi connectivity index (χ3v) is 61.0. The molecule has 4 aromatic carbocycles. The van der Waals surface area contributed by atoms with Gasteiger partial charge in [-0.05, 0) is 0 Å². The predicted molar refractivity (Wildman–Crippen MR) is 173 cm³/mol. The van der Waals surface area contributed by atoms with Crippen molar-refractivity contribution < 1.29 is 15.6 Å². The molecule has 6 rings (SSSR count).